The van der Waals surface area contributed by atoms with Crippen molar-refractivity contribution in [3.63, 3.8) is 0 Å². The summed E-state index contributed by atoms with van der Waals surface area (Å²) in [6, 6.07) is 0.913. The van der Waals surface area contributed by atoms with Crippen molar-refractivity contribution < 1.29 is 19.2 Å². The molecule has 12 heavy (non-hydrogen) atoms. The number of carbonyl (C=O) groups is 1. The summed E-state index contributed by atoms with van der Waals surface area (Å²) in [5.74, 6) is -1.42. The smallest absolute Gasteiger partial charge is 0.362 e. The average molecular weight is 171 g/mol. The molecule has 0 aliphatic carbocycles. The quantitative estimate of drug-likeness (QED) is 0.659. The number of hydrogen-bond donors (Lipinski definition) is 1. The molecule has 0 aromatic carbocycles. The lowest BCUT2D eigenvalue weighted by Gasteiger charge is -1.98. The number of ether oxygens (including phenoxy) is 1. The molecule has 0 atom stereocenters. The van der Waals surface area contributed by atoms with Gasteiger partial charge in [-0.1, -0.05) is 5.16 Å². The van der Waals surface area contributed by atoms with Crippen molar-refractivity contribution in [3.05, 3.63) is 22.2 Å². The van der Waals surface area contributed by atoms with Crippen LogP contribution < -0.4 is 10.4 Å². The fraction of sp³-hybridized carbons (Fsp3) is 0.167. The second kappa shape index (κ2) is 3.04. The third-order valence-corrected chi connectivity index (χ3v) is 1.13. The Morgan fingerprint density at radius 2 is 2.42 bits per heavy atom. The third-order valence-electron chi connectivity index (χ3n) is 1.13. The first-order valence-electron chi connectivity index (χ1n) is 2.93. The molecule has 0 fully saturated rings. The Balaban J connectivity index is 3.29. The molecule has 0 saturated heterocycles. The predicted octanol–water partition coefficient (Wildman–Crippen LogP) is -0.258. The lowest BCUT2D eigenvalue weighted by molar-refractivity contribution is 0.0675. The second-order valence-electron chi connectivity index (χ2n) is 1.87. The highest BCUT2D eigenvalue weighted by molar-refractivity contribution is 5.88. The van der Waals surface area contributed by atoms with E-state index in [9.17, 15) is 9.59 Å². The van der Waals surface area contributed by atoms with Crippen molar-refractivity contribution in [1.82, 2.24) is 5.16 Å². The van der Waals surface area contributed by atoms with E-state index in [1.165, 1.54) is 7.11 Å². The summed E-state index contributed by atoms with van der Waals surface area (Å²) in [7, 11) is 1.24. The molecule has 0 radical (unpaired) electrons. The zero-order chi connectivity index (χ0) is 9.14. The molecule has 0 aliphatic rings. The van der Waals surface area contributed by atoms with Crippen LogP contribution in [0, 0.1) is 0 Å². The van der Waals surface area contributed by atoms with Gasteiger partial charge in [-0.15, -0.1) is 0 Å². The van der Waals surface area contributed by atoms with Gasteiger partial charge >= 0.3 is 11.6 Å². The van der Waals surface area contributed by atoms with Crippen LogP contribution in [-0.2, 0) is 0 Å². The molecule has 0 spiro atoms. The zero-order valence-electron chi connectivity index (χ0n) is 6.10. The van der Waals surface area contributed by atoms with Gasteiger partial charge in [0, 0.05) is 0 Å². The van der Waals surface area contributed by atoms with Crippen LogP contribution in [0.15, 0.2) is 15.4 Å². The topological polar surface area (TPSA) is 89.6 Å². The van der Waals surface area contributed by atoms with E-state index in [0.717, 1.165) is 6.07 Å². The van der Waals surface area contributed by atoms with Crippen LogP contribution >= 0.6 is 0 Å². The lowest BCUT2D eigenvalue weighted by Crippen LogP contribution is -2.09. The normalized spacial score (nSPS) is 9.42. The molecule has 1 aromatic rings. The van der Waals surface area contributed by atoms with E-state index >= 15 is 0 Å². The van der Waals surface area contributed by atoms with Crippen LogP contribution in [0.4, 0.5) is 0 Å². The Labute approximate surface area is 66.4 Å². The number of rotatable bonds is 2. The molecule has 0 amide bonds. The molecule has 0 saturated carbocycles. The summed E-state index contributed by atoms with van der Waals surface area (Å²) in [6.45, 7) is 0. The first-order valence-corrected chi connectivity index (χ1v) is 2.93. The number of aromatic carboxylic acids is 1. The number of nitrogens with zero attached hydrogens (tertiary/aromatic N) is 1. The highest BCUT2D eigenvalue weighted by Gasteiger charge is 2.14. The Morgan fingerprint density at radius 3 is 2.92 bits per heavy atom. The summed E-state index contributed by atoms with van der Waals surface area (Å²) in [6.07, 6.45) is 0. The van der Waals surface area contributed by atoms with Gasteiger partial charge in [0.1, 0.15) is 0 Å². The molecule has 64 valence electrons. The van der Waals surface area contributed by atoms with Gasteiger partial charge < -0.3 is 14.4 Å². The maximum Gasteiger partial charge on any atom is 0.362 e. The van der Waals surface area contributed by atoms with Crippen molar-refractivity contribution in [2.75, 3.05) is 7.11 Å². The van der Waals surface area contributed by atoms with Gasteiger partial charge in [0.05, 0.1) is 13.2 Å². The summed E-state index contributed by atoms with van der Waals surface area (Å²) >= 11 is 0. The maximum atomic E-state index is 10.5. The largest absolute Gasteiger partial charge is 0.494 e. The third kappa shape index (κ3) is 1.42. The van der Waals surface area contributed by atoms with Crippen molar-refractivity contribution in [2.24, 2.45) is 0 Å². The first-order chi connectivity index (χ1) is 5.65. The average Bonchev–Trinajstić information content (AvgIpc) is 2.03. The fourth-order valence-electron chi connectivity index (χ4n) is 0.637. The number of methoxy groups -OCH3 is 1. The van der Waals surface area contributed by atoms with Crippen molar-refractivity contribution in [2.45, 2.75) is 0 Å². The minimum absolute atomic E-state index is 0.112. The monoisotopic (exact) mass is 171 g/mol. The highest BCUT2D eigenvalue weighted by atomic mass is 16.5. The molecule has 0 bridgehead atoms. The fourth-order valence-corrected chi connectivity index (χ4v) is 0.637. The van der Waals surface area contributed by atoms with Gasteiger partial charge in [0.15, 0.2) is 5.75 Å². The second-order valence-corrected chi connectivity index (χ2v) is 1.87. The van der Waals surface area contributed by atoms with Crippen LogP contribution in [0.2, 0.25) is 0 Å². The Morgan fingerprint density at radius 1 is 1.75 bits per heavy atom. The minimum Gasteiger partial charge on any atom is -0.494 e. The van der Waals surface area contributed by atoms with Crippen molar-refractivity contribution in [1.29, 1.82) is 0 Å². The van der Waals surface area contributed by atoms with Crippen LogP contribution in [0.25, 0.3) is 0 Å². The Bertz CT molecular complexity index is 355. The molecular weight excluding hydrogens is 166 g/mol. The molecular formula is C6H5NO5. The summed E-state index contributed by atoms with van der Waals surface area (Å²) in [5, 5.41) is 11.5. The minimum atomic E-state index is -1.31. The van der Waals surface area contributed by atoms with Crippen LogP contribution in [0.5, 0.6) is 5.75 Å². The van der Waals surface area contributed by atoms with Gasteiger partial charge in [0.2, 0.25) is 5.69 Å². The molecule has 1 heterocycles. The standard InChI is InChI=1S/C6H5NO5/c1-11-3-2-4(8)12-7-5(3)6(9)10/h2H,1H3,(H,9,10). The van der Waals surface area contributed by atoms with Crippen molar-refractivity contribution >= 4 is 5.97 Å². The van der Waals surface area contributed by atoms with Gasteiger partial charge in [0.25, 0.3) is 0 Å². The molecule has 1 N–H and O–H groups in total. The van der Waals surface area contributed by atoms with E-state index < -0.39 is 17.3 Å². The van der Waals surface area contributed by atoms with E-state index in [4.69, 9.17) is 5.11 Å². The summed E-state index contributed by atoms with van der Waals surface area (Å²) < 4.78 is 8.68. The SMILES string of the molecule is COc1cc(=O)onc1C(=O)O. The maximum absolute atomic E-state index is 10.5. The number of hydrogen-bond acceptors (Lipinski definition) is 5. The summed E-state index contributed by atoms with van der Waals surface area (Å²) in [4.78, 5) is 20.9. The Kier molecular flexibility index (Phi) is 2.09. The van der Waals surface area contributed by atoms with Crippen molar-refractivity contribution in [3.8, 4) is 5.75 Å². The number of carboxylic acids is 1. The van der Waals surface area contributed by atoms with Crippen LogP contribution in [0.3, 0.4) is 0 Å². The van der Waals surface area contributed by atoms with Gasteiger partial charge in [-0.05, 0) is 0 Å². The first kappa shape index (κ1) is 8.25. The van der Waals surface area contributed by atoms with E-state index in [-0.39, 0.29) is 5.75 Å². The summed E-state index contributed by atoms with van der Waals surface area (Å²) in [5.41, 5.74) is -1.17. The van der Waals surface area contributed by atoms with Gasteiger partial charge in [-0.2, -0.15) is 0 Å². The number of carboxylic acid groups (broad SMARTS) is 1. The van der Waals surface area contributed by atoms with E-state index in [1.807, 2.05) is 0 Å². The molecule has 0 unspecified atom stereocenters. The molecule has 1 rings (SSSR count). The van der Waals surface area contributed by atoms with E-state index in [1.54, 1.807) is 0 Å². The van der Waals surface area contributed by atoms with Gasteiger partial charge in [-0.25, -0.2) is 9.59 Å². The van der Waals surface area contributed by atoms with E-state index in [0.29, 0.717) is 0 Å². The molecule has 0 aliphatic heterocycles. The molecule has 6 heteroatoms. The Hall–Kier alpha value is -1.85. The molecule has 1 aromatic heterocycles. The van der Waals surface area contributed by atoms with Crippen LogP contribution in [0.1, 0.15) is 10.5 Å². The lowest BCUT2D eigenvalue weighted by atomic mass is 10.4. The van der Waals surface area contributed by atoms with E-state index in [2.05, 4.69) is 14.4 Å². The molecule has 6 nitrogen and oxygen atoms in total. The predicted molar refractivity (Wildman–Crippen MR) is 36.3 cm³/mol. The zero-order valence-corrected chi connectivity index (χ0v) is 6.10. The van der Waals surface area contributed by atoms with Crippen LogP contribution in [-0.4, -0.2) is 23.3 Å². The highest BCUT2D eigenvalue weighted by Crippen LogP contribution is 2.11. The van der Waals surface area contributed by atoms with Gasteiger partial charge in [-0.3, -0.25) is 0 Å². The number of aromatic nitrogens is 1.